The molecule has 1 aromatic rings. The molecular weight excluding hydrogens is 276 g/mol. The zero-order chi connectivity index (χ0) is 15.5. The van der Waals surface area contributed by atoms with Crippen molar-refractivity contribution in [3.8, 4) is 6.07 Å². The van der Waals surface area contributed by atoms with Gasteiger partial charge in [-0.25, -0.2) is 8.78 Å². The molecule has 0 unspecified atom stereocenters. The Bertz CT molecular complexity index is 550. The summed E-state index contributed by atoms with van der Waals surface area (Å²) in [5.41, 5.74) is 6.67. The Hall–Kier alpha value is -2.00. The molecule has 6 heteroatoms. The standard InChI is InChI=1S/C15H16F2N3O/c16-15(17,11-4-2-1-3-5-11)7-6-12(19)13(21)20-14(10-18)8-9-14/h1-5,12,19H,6-9H2,(H,20,21)/q-1/t12-/m0/s1. The molecule has 112 valence electrons. The fourth-order valence-electron chi connectivity index (χ4n) is 2.00. The molecule has 0 spiro atoms. The number of nitrogens with one attached hydrogen (secondary N) is 2. The fraction of sp³-hybridized carbons (Fsp3) is 0.467. The number of hydrogen-bond donors (Lipinski definition) is 1. The van der Waals surface area contributed by atoms with Crippen molar-refractivity contribution < 1.29 is 13.6 Å². The lowest BCUT2D eigenvalue weighted by molar-refractivity contribution is -0.122. The van der Waals surface area contributed by atoms with Gasteiger partial charge >= 0.3 is 0 Å². The number of rotatable bonds is 6. The summed E-state index contributed by atoms with van der Waals surface area (Å²) in [6.07, 6.45) is 0.289. The second kappa shape index (κ2) is 5.78. The molecule has 21 heavy (non-hydrogen) atoms. The first-order valence-corrected chi connectivity index (χ1v) is 6.76. The summed E-state index contributed by atoms with van der Waals surface area (Å²) in [6.45, 7) is 0. The van der Waals surface area contributed by atoms with Crippen molar-refractivity contribution in [2.45, 2.75) is 43.2 Å². The molecule has 2 N–H and O–H groups in total. The number of hydrogen-bond acceptors (Lipinski definition) is 2. The average Bonchev–Trinajstić information content (AvgIpc) is 3.26. The van der Waals surface area contributed by atoms with Crippen LogP contribution in [0.2, 0.25) is 0 Å². The predicted octanol–water partition coefficient (Wildman–Crippen LogP) is 3.15. The summed E-state index contributed by atoms with van der Waals surface area (Å²) in [6, 6.07) is 8.04. The van der Waals surface area contributed by atoms with E-state index in [0.29, 0.717) is 12.8 Å². The Labute approximate surface area is 121 Å². The number of nitriles is 1. The van der Waals surface area contributed by atoms with E-state index < -0.39 is 29.8 Å². The number of amides is 1. The van der Waals surface area contributed by atoms with Gasteiger partial charge in [0.1, 0.15) is 5.54 Å². The number of nitrogens with zero attached hydrogens (tertiary/aromatic N) is 1. The summed E-state index contributed by atoms with van der Waals surface area (Å²) < 4.78 is 27.9. The van der Waals surface area contributed by atoms with Crippen LogP contribution in [-0.2, 0) is 10.7 Å². The van der Waals surface area contributed by atoms with Crippen LogP contribution >= 0.6 is 0 Å². The van der Waals surface area contributed by atoms with E-state index in [-0.39, 0.29) is 12.0 Å². The lowest BCUT2D eigenvalue weighted by atomic mass is 10.0. The first-order valence-electron chi connectivity index (χ1n) is 6.76. The zero-order valence-electron chi connectivity index (χ0n) is 11.4. The van der Waals surface area contributed by atoms with Crippen LogP contribution in [0.15, 0.2) is 30.3 Å². The first-order chi connectivity index (χ1) is 9.88. The van der Waals surface area contributed by atoms with Gasteiger partial charge in [0.05, 0.1) is 6.07 Å². The van der Waals surface area contributed by atoms with E-state index in [4.69, 9.17) is 11.0 Å². The topological polar surface area (TPSA) is 76.7 Å². The first kappa shape index (κ1) is 15.4. The molecule has 1 aliphatic carbocycles. The molecule has 0 aliphatic heterocycles. The molecular formula is C15H16F2N3O-. The van der Waals surface area contributed by atoms with E-state index >= 15 is 0 Å². The third kappa shape index (κ3) is 3.76. The Kier molecular flexibility index (Phi) is 4.24. The van der Waals surface area contributed by atoms with E-state index in [1.165, 1.54) is 24.3 Å². The summed E-state index contributed by atoms with van der Waals surface area (Å²) in [5.74, 6) is -3.72. The van der Waals surface area contributed by atoms with Crippen molar-refractivity contribution in [1.29, 1.82) is 5.26 Å². The van der Waals surface area contributed by atoms with Crippen LogP contribution < -0.4 is 5.32 Å². The number of halogens is 2. The van der Waals surface area contributed by atoms with Gasteiger partial charge in [-0.15, -0.1) is 0 Å². The highest BCUT2D eigenvalue weighted by atomic mass is 19.3. The van der Waals surface area contributed by atoms with Crippen LogP contribution in [0, 0.1) is 11.3 Å². The number of carbonyl (C=O) groups excluding carboxylic acids is 1. The van der Waals surface area contributed by atoms with E-state index in [9.17, 15) is 13.6 Å². The number of carbonyl (C=O) groups is 1. The molecule has 1 amide bonds. The maximum atomic E-state index is 13.9. The van der Waals surface area contributed by atoms with E-state index in [2.05, 4.69) is 5.32 Å². The molecule has 1 aromatic carbocycles. The van der Waals surface area contributed by atoms with E-state index in [1.54, 1.807) is 6.07 Å². The zero-order valence-corrected chi connectivity index (χ0v) is 11.4. The SMILES string of the molecule is N#CC1(NC(=O)[C@@H]([NH-])CCC(F)(F)c2ccccc2)CC1. The van der Waals surface area contributed by atoms with Crippen LogP contribution in [0.1, 0.15) is 31.2 Å². The molecule has 0 radical (unpaired) electrons. The molecule has 2 rings (SSSR count). The van der Waals surface area contributed by atoms with Crippen LogP contribution in [0.5, 0.6) is 0 Å². The van der Waals surface area contributed by atoms with Gasteiger partial charge in [-0.3, -0.25) is 4.79 Å². The molecule has 1 atom stereocenters. The Morgan fingerprint density at radius 3 is 2.57 bits per heavy atom. The van der Waals surface area contributed by atoms with E-state index in [1.807, 2.05) is 6.07 Å². The van der Waals surface area contributed by atoms with Crippen molar-refractivity contribution in [2.24, 2.45) is 0 Å². The lowest BCUT2D eigenvalue weighted by Gasteiger charge is -2.24. The number of benzene rings is 1. The van der Waals surface area contributed by atoms with Crippen LogP contribution in [0.3, 0.4) is 0 Å². The third-order valence-electron chi connectivity index (χ3n) is 3.59. The van der Waals surface area contributed by atoms with E-state index in [0.717, 1.165) is 0 Å². The summed E-state index contributed by atoms with van der Waals surface area (Å²) in [7, 11) is 0. The number of alkyl halides is 2. The second-order valence-corrected chi connectivity index (χ2v) is 5.34. The largest absolute Gasteiger partial charge is 0.667 e. The smallest absolute Gasteiger partial charge is 0.273 e. The van der Waals surface area contributed by atoms with Crippen LogP contribution in [-0.4, -0.2) is 17.5 Å². The average molecular weight is 292 g/mol. The van der Waals surface area contributed by atoms with Gasteiger partial charge in [0.2, 0.25) is 5.91 Å². The summed E-state index contributed by atoms with van der Waals surface area (Å²) >= 11 is 0. The molecule has 0 aromatic heterocycles. The van der Waals surface area contributed by atoms with Crippen molar-refractivity contribution in [3.63, 3.8) is 0 Å². The minimum absolute atomic E-state index is 0.117. The van der Waals surface area contributed by atoms with Gasteiger partial charge in [0, 0.05) is 12.0 Å². The van der Waals surface area contributed by atoms with Crippen molar-refractivity contribution >= 4 is 5.91 Å². The molecule has 1 fully saturated rings. The van der Waals surface area contributed by atoms with Gasteiger partial charge in [-0.2, -0.15) is 5.26 Å². The Balaban J connectivity index is 1.87. The molecule has 0 heterocycles. The fourth-order valence-corrected chi connectivity index (χ4v) is 2.00. The molecule has 0 saturated heterocycles. The van der Waals surface area contributed by atoms with Gasteiger partial charge < -0.3 is 11.1 Å². The minimum atomic E-state index is -3.06. The second-order valence-electron chi connectivity index (χ2n) is 5.34. The lowest BCUT2D eigenvalue weighted by Crippen LogP contribution is -2.41. The van der Waals surface area contributed by atoms with Gasteiger partial charge in [-0.1, -0.05) is 42.8 Å². The van der Waals surface area contributed by atoms with Crippen molar-refractivity contribution in [1.82, 2.24) is 5.32 Å². The highest BCUT2D eigenvalue weighted by Crippen LogP contribution is 2.35. The maximum Gasteiger partial charge on any atom is 0.273 e. The molecule has 0 bridgehead atoms. The van der Waals surface area contributed by atoms with Gasteiger partial charge in [-0.05, 0) is 12.8 Å². The highest BCUT2D eigenvalue weighted by molar-refractivity contribution is 5.84. The monoisotopic (exact) mass is 292 g/mol. The van der Waals surface area contributed by atoms with Gasteiger partial charge in [0.25, 0.3) is 5.92 Å². The van der Waals surface area contributed by atoms with Gasteiger partial charge in [0.15, 0.2) is 0 Å². The Morgan fingerprint density at radius 1 is 1.43 bits per heavy atom. The summed E-state index contributed by atoms with van der Waals surface area (Å²) in [5, 5.41) is 11.3. The quantitative estimate of drug-likeness (QED) is 0.874. The molecule has 1 aliphatic rings. The minimum Gasteiger partial charge on any atom is -0.667 e. The molecule has 4 nitrogen and oxygen atoms in total. The predicted molar refractivity (Wildman–Crippen MR) is 73.4 cm³/mol. The third-order valence-corrected chi connectivity index (χ3v) is 3.59. The van der Waals surface area contributed by atoms with Crippen molar-refractivity contribution in [3.05, 3.63) is 41.6 Å². The highest BCUT2D eigenvalue weighted by Gasteiger charge is 2.44. The Morgan fingerprint density at radius 2 is 2.05 bits per heavy atom. The maximum absolute atomic E-state index is 13.9. The summed E-state index contributed by atoms with van der Waals surface area (Å²) in [4.78, 5) is 11.7. The van der Waals surface area contributed by atoms with Crippen LogP contribution in [0.4, 0.5) is 8.78 Å². The van der Waals surface area contributed by atoms with Crippen LogP contribution in [0.25, 0.3) is 5.73 Å². The normalized spacial score (nSPS) is 17.6. The molecule has 1 saturated carbocycles. The van der Waals surface area contributed by atoms with Crippen molar-refractivity contribution in [2.75, 3.05) is 0 Å².